The summed E-state index contributed by atoms with van der Waals surface area (Å²) in [5.41, 5.74) is 13.5. The lowest BCUT2D eigenvalue weighted by molar-refractivity contribution is 0.0598. The number of hydrogen-bond donors (Lipinski definition) is 0. The van der Waals surface area contributed by atoms with E-state index in [-0.39, 0.29) is 31.0 Å². The fourth-order valence-corrected chi connectivity index (χ4v) is 8.46. The van der Waals surface area contributed by atoms with Gasteiger partial charge in [-0.05, 0) is 109 Å². The lowest BCUT2D eigenvalue weighted by Crippen LogP contribution is -2.34. The SMILES string of the molecule is C.CC.CC.CC.CC.COB(OC)c1ccc2c(c1)CN(C)C2.COC(=O)c1cn(C)c2c(C)c(-c3ccc4c(c3)CN(C)C4)ccc2c1=O.Cc1cn(C)c2c(C)c(Br)ccc2c1=O. The third-order valence-electron chi connectivity index (χ3n) is 10.9. The largest absolute Gasteiger partial charge is 0.493 e. The molecule has 0 saturated heterocycles. The minimum atomic E-state index is -0.609. The van der Waals surface area contributed by atoms with Crippen molar-refractivity contribution >= 4 is 56.3 Å². The smallest absolute Gasteiger partial charge is 0.465 e. The van der Waals surface area contributed by atoms with E-state index < -0.39 is 5.97 Å². The molecular formula is C54H78BBrN4O6. The fourth-order valence-electron chi connectivity index (χ4n) is 8.14. The number of rotatable bonds is 5. The van der Waals surface area contributed by atoms with Crippen LogP contribution in [-0.4, -0.2) is 67.4 Å². The first-order chi connectivity index (χ1) is 31.2. The number of methoxy groups -OCH3 is 1. The molecule has 0 fully saturated rings. The maximum atomic E-state index is 12.8. The van der Waals surface area contributed by atoms with Gasteiger partial charge in [0.15, 0.2) is 5.43 Å². The molecule has 4 heterocycles. The summed E-state index contributed by atoms with van der Waals surface area (Å²) in [5.74, 6) is -0.609. The molecule has 4 aromatic carbocycles. The van der Waals surface area contributed by atoms with Crippen LogP contribution in [-0.2, 0) is 54.3 Å². The van der Waals surface area contributed by atoms with Crippen molar-refractivity contribution in [2.75, 3.05) is 35.4 Å². The number of ether oxygens (including phenoxy) is 1. The summed E-state index contributed by atoms with van der Waals surface area (Å²) in [6, 6.07) is 20.6. The van der Waals surface area contributed by atoms with E-state index in [0.29, 0.717) is 5.39 Å². The third kappa shape index (κ3) is 13.6. The van der Waals surface area contributed by atoms with E-state index in [1.54, 1.807) is 20.4 Å². The number of halogens is 1. The number of nitrogens with zero attached hydrogens (tertiary/aromatic N) is 4. The van der Waals surface area contributed by atoms with Crippen molar-refractivity contribution in [2.45, 2.75) is 110 Å². The van der Waals surface area contributed by atoms with Crippen LogP contribution in [0.3, 0.4) is 0 Å². The zero-order chi connectivity index (χ0) is 49.3. The lowest BCUT2D eigenvalue weighted by Gasteiger charge is -2.15. The number of hydrogen-bond acceptors (Lipinski definition) is 8. The zero-order valence-electron chi connectivity index (χ0n) is 42.5. The van der Waals surface area contributed by atoms with Crippen molar-refractivity contribution < 1.29 is 18.8 Å². The summed E-state index contributed by atoms with van der Waals surface area (Å²) in [4.78, 5) is 41.2. The van der Waals surface area contributed by atoms with E-state index >= 15 is 0 Å². The van der Waals surface area contributed by atoms with Crippen LogP contribution in [0.15, 0.2) is 87.1 Å². The first kappa shape index (κ1) is 59.2. The molecule has 0 saturated carbocycles. The van der Waals surface area contributed by atoms with E-state index in [9.17, 15) is 14.4 Å². The van der Waals surface area contributed by atoms with Crippen molar-refractivity contribution in [2.24, 2.45) is 14.1 Å². The van der Waals surface area contributed by atoms with Crippen LogP contribution < -0.4 is 16.3 Å². The molecule has 0 unspecified atom stereocenters. The number of fused-ring (bicyclic) bond motifs is 4. The Labute approximate surface area is 405 Å². The van der Waals surface area contributed by atoms with Gasteiger partial charge >= 0.3 is 13.1 Å². The van der Waals surface area contributed by atoms with Crippen LogP contribution >= 0.6 is 15.9 Å². The Kier molecular flexibility index (Phi) is 25.4. The molecule has 2 aliphatic rings. The Bertz CT molecular complexity index is 2640. The summed E-state index contributed by atoms with van der Waals surface area (Å²) in [5, 5.41) is 1.32. The molecule has 6 aromatic rings. The normalized spacial score (nSPS) is 12.0. The molecular weight excluding hydrogens is 891 g/mol. The van der Waals surface area contributed by atoms with Gasteiger partial charge in [-0.2, -0.15) is 0 Å². The van der Waals surface area contributed by atoms with Crippen molar-refractivity contribution in [1.82, 2.24) is 18.9 Å². The third-order valence-corrected chi connectivity index (χ3v) is 11.8. The average Bonchev–Trinajstić information content (AvgIpc) is 3.90. The highest BCUT2D eigenvalue weighted by molar-refractivity contribution is 9.10. The van der Waals surface area contributed by atoms with Crippen LogP contribution in [0.5, 0.6) is 0 Å². The number of carbonyl (C=O) groups excluding carboxylic acids is 1. The predicted molar refractivity (Wildman–Crippen MR) is 285 cm³/mol. The van der Waals surface area contributed by atoms with Gasteiger partial charge in [-0.25, -0.2) is 4.79 Å². The highest BCUT2D eigenvalue weighted by Crippen LogP contribution is 2.32. The Hall–Kier alpha value is -4.85. The van der Waals surface area contributed by atoms with Gasteiger partial charge in [0.2, 0.25) is 5.43 Å². The Balaban J connectivity index is 0.000000482. The average molecular weight is 970 g/mol. The molecule has 0 N–H and O–H groups in total. The summed E-state index contributed by atoms with van der Waals surface area (Å²) in [7, 11) is 12.4. The van der Waals surface area contributed by atoms with Gasteiger partial charge < -0.3 is 23.2 Å². The van der Waals surface area contributed by atoms with Crippen LogP contribution in [0.2, 0.25) is 0 Å². The van der Waals surface area contributed by atoms with Gasteiger partial charge in [-0.3, -0.25) is 19.4 Å². The molecule has 2 aliphatic heterocycles. The van der Waals surface area contributed by atoms with Crippen molar-refractivity contribution in [3.05, 3.63) is 142 Å². The summed E-state index contributed by atoms with van der Waals surface area (Å²) < 4.78 is 20.1. The quantitative estimate of drug-likeness (QED) is 0.125. The van der Waals surface area contributed by atoms with Crippen LogP contribution in [0.4, 0.5) is 0 Å². The lowest BCUT2D eigenvalue weighted by atomic mass is 9.78. The maximum Gasteiger partial charge on any atom is 0.493 e. The fraction of sp³-hybridized carbons (Fsp3) is 0.426. The molecule has 8 rings (SSSR count). The molecule has 0 aliphatic carbocycles. The van der Waals surface area contributed by atoms with E-state index in [4.69, 9.17) is 14.0 Å². The van der Waals surface area contributed by atoms with Crippen molar-refractivity contribution in [3.63, 3.8) is 0 Å². The molecule has 0 spiro atoms. The molecule has 12 heteroatoms. The molecule has 0 atom stereocenters. The molecule has 10 nitrogen and oxygen atoms in total. The maximum absolute atomic E-state index is 12.8. The van der Waals surface area contributed by atoms with Gasteiger partial charge in [0, 0.05) is 87.7 Å². The van der Waals surface area contributed by atoms with Gasteiger partial charge in [0.1, 0.15) is 5.56 Å². The molecule has 0 bridgehead atoms. The molecule has 0 radical (unpaired) electrons. The standard InChI is InChI=1S/C22H22N2O3.C12H12BrNO.C11H16BNO2.4C2H6.CH4/c1-13-17(14-5-6-15-10-23(2)11-16(15)9-14)7-8-18-20(13)24(3)12-19(21(18)25)22(26)27-4;1-7-6-14(3)11-8(2)10(13)5-4-9(11)12(7)15;1-13-7-9-4-5-11(6-10(9)8-13)12(14-2)15-3;4*1-2;/h5-9,12H,10-11H2,1-4H3;4-6H,1-3H3;4-6H,7-8H2,1-3H3;4*1-2H3;1H4. The number of benzene rings is 4. The highest BCUT2D eigenvalue weighted by atomic mass is 79.9. The molecule has 2 aromatic heterocycles. The van der Waals surface area contributed by atoms with E-state index in [2.05, 4.69) is 76.2 Å². The topological polar surface area (TPSA) is 95.2 Å². The number of esters is 1. The van der Waals surface area contributed by atoms with E-state index in [1.807, 2.05) is 130 Å². The summed E-state index contributed by atoms with van der Waals surface area (Å²) >= 11 is 3.48. The Morgan fingerprint density at radius 1 is 0.591 bits per heavy atom. The second kappa shape index (κ2) is 28.4. The second-order valence-electron chi connectivity index (χ2n) is 15.1. The minimum Gasteiger partial charge on any atom is -0.465 e. The Morgan fingerprint density at radius 3 is 1.61 bits per heavy atom. The van der Waals surface area contributed by atoms with Crippen LogP contribution in [0.1, 0.15) is 112 Å². The minimum absolute atomic E-state index is 0. The number of aromatic nitrogens is 2. The number of pyridine rings is 2. The van der Waals surface area contributed by atoms with E-state index in [0.717, 1.165) is 80.4 Å². The van der Waals surface area contributed by atoms with Crippen molar-refractivity contribution in [3.8, 4) is 11.1 Å². The number of aryl methyl sites for hydroxylation is 5. The first-order valence-corrected chi connectivity index (χ1v) is 23.6. The van der Waals surface area contributed by atoms with Gasteiger partial charge in [-0.15, -0.1) is 0 Å². The summed E-state index contributed by atoms with van der Waals surface area (Å²) in [6.45, 7) is 25.9. The monoisotopic (exact) mass is 969 g/mol. The zero-order valence-corrected chi connectivity index (χ0v) is 44.0. The van der Waals surface area contributed by atoms with Gasteiger partial charge in [0.05, 0.1) is 18.1 Å². The molecule has 360 valence electrons. The van der Waals surface area contributed by atoms with Gasteiger partial charge in [-0.1, -0.05) is 115 Å². The summed E-state index contributed by atoms with van der Waals surface area (Å²) in [6.07, 6.45) is 3.44. The van der Waals surface area contributed by atoms with Crippen LogP contribution in [0, 0.1) is 20.8 Å². The highest BCUT2D eigenvalue weighted by Gasteiger charge is 2.23. The van der Waals surface area contributed by atoms with Crippen molar-refractivity contribution in [1.29, 1.82) is 0 Å². The predicted octanol–water partition coefficient (Wildman–Crippen LogP) is 11.5. The molecule has 0 amide bonds. The van der Waals surface area contributed by atoms with Crippen LogP contribution in [0.25, 0.3) is 32.9 Å². The van der Waals surface area contributed by atoms with Gasteiger partial charge in [0.25, 0.3) is 0 Å². The van der Waals surface area contributed by atoms with E-state index in [1.165, 1.54) is 29.4 Å². The number of carbonyl (C=O) groups is 1. The Morgan fingerprint density at radius 2 is 1.06 bits per heavy atom. The first-order valence-electron chi connectivity index (χ1n) is 22.8. The second-order valence-corrected chi connectivity index (χ2v) is 15.9. The molecule has 66 heavy (non-hydrogen) atoms.